The summed E-state index contributed by atoms with van der Waals surface area (Å²) in [5.41, 5.74) is -0.109. The van der Waals surface area contributed by atoms with E-state index in [1.165, 1.54) is 6.20 Å². The molecule has 1 aliphatic rings. The van der Waals surface area contributed by atoms with Crippen molar-refractivity contribution in [2.24, 2.45) is 0 Å². The number of epoxide rings is 1. The van der Waals surface area contributed by atoms with E-state index in [9.17, 15) is 10.1 Å². The number of nitro groups is 1. The van der Waals surface area contributed by atoms with Crippen LogP contribution >= 0.6 is 11.6 Å². The molecule has 16 heavy (non-hydrogen) atoms. The minimum Gasteiger partial charge on any atom is -0.370 e. The van der Waals surface area contributed by atoms with E-state index in [4.69, 9.17) is 16.3 Å². The zero-order valence-corrected chi connectivity index (χ0v) is 9.77. The van der Waals surface area contributed by atoms with Gasteiger partial charge in [0, 0.05) is 6.04 Å². The quantitative estimate of drug-likeness (QED) is 0.463. The lowest BCUT2D eigenvalue weighted by atomic mass is 10.0. The minimum atomic E-state index is -0.551. The van der Waals surface area contributed by atoms with Gasteiger partial charge in [0.2, 0.25) is 0 Å². The average molecular weight is 246 g/mol. The van der Waals surface area contributed by atoms with Crippen molar-refractivity contribution in [1.29, 1.82) is 0 Å². The molecular weight excluding hydrogens is 234 g/mol. The fourth-order valence-corrected chi connectivity index (χ4v) is 2.02. The largest absolute Gasteiger partial charge is 0.383 e. The monoisotopic (exact) mass is 245 g/mol. The molecule has 2 atom stereocenters. The molecule has 0 N–H and O–H groups in total. The Morgan fingerprint density at radius 3 is 2.94 bits per heavy atom. The molecule has 88 valence electrons. The molecular formula is C9H12ClN3O3. The maximum Gasteiger partial charge on any atom is 0.383 e. The van der Waals surface area contributed by atoms with E-state index in [2.05, 4.69) is 4.98 Å². The van der Waals surface area contributed by atoms with E-state index < -0.39 is 4.92 Å². The van der Waals surface area contributed by atoms with E-state index in [1.807, 2.05) is 13.8 Å². The van der Waals surface area contributed by atoms with Crippen LogP contribution in [0, 0.1) is 10.1 Å². The SMILES string of the molecule is CC(C[C@]1(C)CO1)n1cc([N+](=O)[O-])nc1Cl. The summed E-state index contributed by atoms with van der Waals surface area (Å²) >= 11 is 5.84. The molecule has 7 heteroatoms. The third-order valence-corrected chi connectivity index (χ3v) is 2.98. The molecule has 1 unspecified atom stereocenters. The zero-order valence-electron chi connectivity index (χ0n) is 9.01. The second-order valence-corrected chi connectivity index (χ2v) is 4.66. The maximum absolute atomic E-state index is 10.5. The molecule has 0 radical (unpaired) electrons. The molecule has 0 bridgehead atoms. The minimum absolute atomic E-state index is 0.0289. The Kier molecular flexibility index (Phi) is 2.63. The molecule has 2 rings (SSSR count). The molecule has 6 nitrogen and oxygen atoms in total. The lowest BCUT2D eigenvalue weighted by molar-refractivity contribution is -0.389. The van der Waals surface area contributed by atoms with Crippen molar-refractivity contribution in [2.45, 2.75) is 31.9 Å². The van der Waals surface area contributed by atoms with E-state index in [0.717, 1.165) is 13.0 Å². The highest BCUT2D eigenvalue weighted by molar-refractivity contribution is 6.28. The van der Waals surface area contributed by atoms with Crippen molar-refractivity contribution < 1.29 is 9.66 Å². The zero-order chi connectivity index (χ0) is 11.9. The summed E-state index contributed by atoms with van der Waals surface area (Å²) in [6, 6.07) is 0.0289. The summed E-state index contributed by atoms with van der Waals surface area (Å²) < 4.78 is 6.88. The van der Waals surface area contributed by atoms with Gasteiger partial charge < -0.3 is 14.9 Å². The number of hydrogen-bond donors (Lipinski definition) is 0. The average Bonchev–Trinajstić information content (AvgIpc) is 2.76. The molecule has 0 aliphatic carbocycles. The van der Waals surface area contributed by atoms with Gasteiger partial charge >= 0.3 is 11.1 Å². The summed E-state index contributed by atoms with van der Waals surface area (Å²) in [5.74, 6) is -0.223. The van der Waals surface area contributed by atoms with Crippen molar-refractivity contribution in [3.63, 3.8) is 0 Å². The number of nitrogens with zero attached hydrogens (tertiary/aromatic N) is 3. The molecule has 1 aromatic heterocycles. The normalized spacial score (nSPS) is 25.4. The Balaban J connectivity index is 2.15. The highest BCUT2D eigenvalue weighted by Gasteiger charge is 2.41. The molecule has 0 aromatic carbocycles. The molecule has 1 aliphatic heterocycles. The van der Waals surface area contributed by atoms with Gasteiger partial charge in [-0.15, -0.1) is 0 Å². The number of rotatable bonds is 4. The number of halogens is 1. The Morgan fingerprint density at radius 1 is 1.88 bits per heavy atom. The van der Waals surface area contributed by atoms with Gasteiger partial charge in [-0.3, -0.25) is 4.57 Å². The third-order valence-electron chi connectivity index (χ3n) is 2.70. The van der Waals surface area contributed by atoms with Gasteiger partial charge in [0.15, 0.2) is 0 Å². The van der Waals surface area contributed by atoms with Crippen molar-refractivity contribution in [1.82, 2.24) is 9.55 Å². The van der Waals surface area contributed by atoms with Crippen molar-refractivity contribution in [2.75, 3.05) is 6.61 Å². The first-order chi connectivity index (χ1) is 7.41. The van der Waals surface area contributed by atoms with Crippen molar-refractivity contribution >= 4 is 17.4 Å². The van der Waals surface area contributed by atoms with Crippen LogP contribution in [0.1, 0.15) is 26.3 Å². The van der Waals surface area contributed by atoms with E-state index in [1.54, 1.807) is 4.57 Å². The van der Waals surface area contributed by atoms with E-state index in [0.29, 0.717) is 0 Å². The molecule has 0 saturated carbocycles. The fraction of sp³-hybridized carbons (Fsp3) is 0.667. The van der Waals surface area contributed by atoms with Crippen LogP contribution in [-0.2, 0) is 4.74 Å². The topological polar surface area (TPSA) is 73.5 Å². The van der Waals surface area contributed by atoms with Crippen molar-refractivity contribution in [3.8, 4) is 0 Å². The van der Waals surface area contributed by atoms with Crippen LogP contribution in [-0.4, -0.2) is 26.7 Å². The standard InChI is InChI=1S/C9H12ClN3O3/c1-6(3-9(2)5-16-9)12-4-7(13(14)15)11-8(12)10/h4,6H,3,5H2,1-2H3/t6?,9-/m1/s1. The fourth-order valence-electron chi connectivity index (χ4n) is 1.72. The van der Waals surface area contributed by atoms with Gasteiger partial charge in [0.25, 0.3) is 0 Å². The van der Waals surface area contributed by atoms with Crippen LogP contribution in [0.3, 0.4) is 0 Å². The summed E-state index contributed by atoms with van der Waals surface area (Å²) in [6.45, 7) is 4.67. The molecule has 1 aromatic rings. The number of imidazole rings is 1. The van der Waals surface area contributed by atoms with Gasteiger partial charge in [-0.25, -0.2) is 0 Å². The third kappa shape index (κ3) is 2.17. The smallest absolute Gasteiger partial charge is 0.370 e. The molecule has 0 amide bonds. The van der Waals surface area contributed by atoms with Crippen molar-refractivity contribution in [3.05, 3.63) is 21.6 Å². The first-order valence-electron chi connectivity index (χ1n) is 4.94. The van der Waals surface area contributed by atoms with Gasteiger partial charge in [-0.2, -0.15) is 0 Å². The highest BCUT2D eigenvalue weighted by Crippen LogP contribution is 2.36. The first-order valence-corrected chi connectivity index (χ1v) is 5.32. The second-order valence-electron chi connectivity index (χ2n) is 4.32. The van der Waals surface area contributed by atoms with Crippen LogP contribution in [0.15, 0.2) is 6.20 Å². The predicted octanol–water partition coefficient (Wildman–Crippen LogP) is 2.18. The lowest BCUT2D eigenvalue weighted by Gasteiger charge is -2.14. The molecule has 1 fully saturated rings. The Hall–Kier alpha value is -1.14. The summed E-state index contributed by atoms with van der Waals surface area (Å²) in [7, 11) is 0. The lowest BCUT2D eigenvalue weighted by Crippen LogP contribution is -2.14. The number of hydrogen-bond acceptors (Lipinski definition) is 4. The molecule has 0 spiro atoms. The van der Waals surface area contributed by atoms with Crippen LogP contribution in [0.25, 0.3) is 0 Å². The second kappa shape index (κ2) is 3.71. The molecule has 1 saturated heterocycles. The van der Waals surface area contributed by atoms with E-state index >= 15 is 0 Å². The summed E-state index contributed by atoms with van der Waals surface area (Å²) in [5, 5.41) is 10.7. The van der Waals surface area contributed by atoms with Gasteiger partial charge in [-0.05, 0) is 41.8 Å². The Bertz CT molecular complexity index is 428. The van der Waals surface area contributed by atoms with E-state index in [-0.39, 0.29) is 22.7 Å². The summed E-state index contributed by atoms with van der Waals surface area (Å²) in [4.78, 5) is 13.7. The van der Waals surface area contributed by atoms with Gasteiger partial charge in [-0.1, -0.05) is 0 Å². The molecule has 2 heterocycles. The van der Waals surface area contributed by atoms with Crippen LogP contribution in [0.4, 0.5) is 5.82 Å². The Morgan fingerprint density at radius 2 is 2.50 bits per heavy atom. The van der Waals surface area contributed by atoms with Crippen LogP contribution in [0.5, 0.6) is 0 Å². The number of aromatic nitrogens is 2. The summed E-state index contributed by atoms with van der Waals surface area (Å²) in [6.07, 6.45) is 2.12. The predicted molar refractivity (Wildman–Crippen MR) is 57.6 cm³/mol. The first kappa shape index (κ1) is 11.3. The van der Waals surface area contributed by atoms with Crippen LogP contribution in [0.2, 0.25) is 5.28 Å². The van der Waals surface area contributed by atoms with Gasteiger partial charge in [0.1, 0.15) is 6.20 Å². The number of ether oxygens (including phenoxy) is 1. The Labute approximate surface area is 97.3 Å². The highest BCUT2D eigenvalue weighted by atomic mass is 35.5. The van der Waals surface area contributed by atoms with Crippen LogP contribution < -0.4 is 0 Å². The maximum atomic E-state index is 10.5. The van der Waals surface area contributed by atoms with Gasteiger partial charge in [0.05, 0.1) is 12.2 Å².